The molecular weight excluding hydrogens is 466 g/mol. The molecule has 1 aliphatic rings. The minimum Gasteiger partial charge on any atom is -0.493 e. The quantitative estimate of drug-likeness (QED) is 0.389. The van der Waals surface area contributed by atoms with Crippen molar-refractivity contribution in [2.75, 3.05) is 19.5 Å². The Bertz CT molecular complexity index is 1310. The molecule has 2 amide bonds. The Kier molecular flexibility index (Phi) is 7.05. The number of nitrogens with one attached hydrogen (secondary N) is 1. The summed E-state index contributed by atoms with van der Waals surface area (Å²) in [6.45, 7) is 2.21. The number of carbonyl (C=O) groups excluding carboxylic acids is 2. The predicted molar refractivity (Wildman–Crippen MR) is 131 cm³/mol. The van der Waals surface area contributed by atoms with E-state index in [0.29, 0.717) is 22.9 Å². The van der Waals surface area contributed by atoms with Crippen molar-refractivity contribution in [3.8, 4) is 17.2 Å². The van der Waals surface area contributed by atoms with Crippen LogP contribution in [0.3, 0.4) is 0 Å². The van der Waals surface area contributed by atoms with Crippen LogP contribution in [0, 0.1) is 10.1 Å². The van der Waals surface area contributed by atoms with Crippen molar-refractivity contribution in [3.63, 3.8) is 0 Å². The summed E-state index contributed by atoms with van der Waals surface area (Å²) < 4.78 is 16.8. The second-order valence-electron chi connectivity index (χ2n) is 8.19. The first-order valence-corrected chi connectivity index (χ1v) is 11.1. The van der Waals surface area contributed by atoms with Gasteiger partial charge in [-0.15, -0.1) is 0 Å². The van der Waals surface area contributed by atoms with E-state index in [-0.39, 0.29) is 30.2 Å². The topological polar surface area (TPSA) is 120 Å². The van der Waals surface area contributed by atoms with E-state index in [2.05, 4.69) is 5.32 Å². The minimum atomic E-state index is -0.705. The van der Waals surface area contributed by atoms with E-state index in [0.717, 1.165) is 11.1 Å². The van der Waals surface area contributed by atoms with Gasteiger partial charge in [0.25, 0.3) is 17.5 Å². The van der Waals surface area contributed by atoms with Gasteiger partial charge in [-0.05, 0) is 43.3 Å². The largest absolute Gasteiger partial charge is 0.493 e. The first-order chi connectivity index (χ1) is 17.3. The van der Waals surface area contributed by atoms with E-state index in [9.17, 15) is 19.7 Å². The number of amides is 2. The number of ether oxygens (including phenoxy) is 3. The van der Waals surface area contributed by atoms with Gasteiger partial charge in [-0.25, -0.2) is 0 Å². The van der Waals surface area contributed by atoms with Crippen LogP contribution in [0.5, 0.6) is 17.2 Å². The Morgan fingerprint density at radius 3 is 2.56 bits per heavy atom. The summed E-state index contributed by atoms with van der Waals surface area (Å²) >= 11 is 0. The number of hydrogen-bond donors (Lipinski definition) is 1. The van der Waals surface area contributed by atoms with Gasteiger partial charge < -0.3 is 24.4 Å². The van der Waals surface area contributed by atoms with E-state index in [4.69, 9.17) is 14.2 Å². The number of fused-ring (bicyclic) bond motifs is 1. The summed E-state index contributed by atoms with van der Waals surface area (Å²) in [5.74, 6) is 1.06. The molecule has 0 fully saturated rings. The molecule has 1 N–H and O–H groups in total. The highest BCUT2D eigenvalue weighted by atomic mass is 16.6. The molecule has 186 valence electrons. The summed E-state index contributed by atoms with van der Waals surface area (Å²) in [5.41, 5.74) is 2.18. The number of nitro groups is 1. The summed E-state index contributed by atoms with van der Waals surface area (Å²) in [4.78, 5) is 37.8. The van der Waals surface area contributed by atoms with Gasteiger partial charge in [-0.3, -0.25) is 19.7 Å². The van der Waals surface area contributed by atoms with Crippen molar-refractivity contribution >= 4 is 23.2 Å². The van der Waals surface area contributed by atoms with Crippen LogP contribution in [0.1, 0.15) is 28.4 Å². The van der Waals surface area contributed by atoms with Gasteiger partial charge in [-0.2, -0.15) is 0 Å². The number of carbonyl (C=O) groups is 2. The van der Waals surface area contributed by atoms with E-state index in [1.165, 1.54) is 24.3 Å². The molecule has 0 unspecified atom stereocenters. The molecule has 4 rings (SSSR count). The molecule has 3 aromatic rings. The molecule has 1 heterocycles. The third kappa shape index (κ3) is 5.07. The maximum absolute atomic E-state index is 13.1. The molecule has 1 atom stereocenters. The standard InChI is InChI=1S/C26H25N3O7/c1-16-26(31)28(14-18-5-4-6-23(34-2)24(18)35-3)15-19-13-20(9-12-22(19)36-16)27-25(30)17-7-10-21(11-8-17)29(32)33/h4-13,16H,14-15H2,1-3H3,(H,27,30)/t16-/m0/s1. The molecule has 0 saturated carbocycles. The van der Waals surface area contributed by atoms with Gasteiger partial charge in [0, 0.05) is 47.6 Å². The second kappa shape index (κ2) is 10.3. The van der Waals surface area contributed by atoms with Crippen LogP contribution in [-0.4, -0.2) is 42.0 Å². The molecule has 0 spiro atoms. The van der Waals surface area contributed by atoms with Gasteiger partial charge >= 0.3 is 0 Å². The Hall–Kier alpha value is -4.60. The number of non-ortho nitro benzene ring substituents is 1. The molecule has 10 nitrogen and oxygen atoms in total. The van der Waals surface area contributed by atoms with Gasteiger partial charge in [-0.1, -0.05) is 12.1 Å². The number of benzene rings is 3. The second-order valence-corrected chi connectivity index (χ2v) is 8.19. The number of para-hydroxylation sites is 1. The Balaban J connectivity index is 1.57. The third-order valence-corrected chi connectivity index (χ3v) is 5.83. The highest BCUT2D eigenvalue weighted by Gasteiger charge is 2.29. The molecule has 0 aromatic heterocycles. The van der Waals surface area contributed by atoms with Gasteiger partial charge in [0.05, 0.1) is 19.1 Å². The first-order valence-electron chi connectivity index (χ1n) is 11.1. The van der Waals surface area contributed by atoms with Crippen molar-refractivity contribution in [3.05, 3.63) is 87.5 Å². The number of hydrogen-bond acceptors (Lipinski definition) is 7. The van der Waals surface area contributed by atoms with Gasteiger partial charge in [0.2, 0.25) is 0 Å². The number of nitrogens with zero attached hydrogens (tertiary/aromatic N) is 2. The fourth-order valence-electron chi connectivity index (χ4n) is 4.03. The van der Waals surface area contributed by atoms with Crippen LogP contribution in [0.4, 0.5) is 11.4 Å². The minimum absolute atomic E-state index is 0.0970. The fourth-order valence-corrected chi connectivity index (χ4v) is 4.03. The fraction of sp³-hybridized carbons (Fsp3) is 0.231. The van der Waals surface area contributed by atoms with Gasteiger partial charge in [0.15, 0.2) is 17.6 Å². The van der Waals surface area contributed by atoms with E-state index >= 15 is 0 Å². The molecule has 1 aliphatic heterocycles. The van der Waals surface area contributed by atoms with Crippen LogP contribution in [0.2, 0.25) is 0 Å². The maximum Gasteiger partial charge on any atom is 0.269 e. The number of methoxy groups -OCH3 is 2. The molecule has 0 aliphatic carbocycles. The third-order valence-electron chi connectivity index (χ3n) is 5.83. The molecule has 0 radical (unpaired) electrons. The normalized spacial score (nSPS) is 14.8. The van der Waals surface area contributed by atoms with E-state index < -0.39 is 16.9 Å². The molecule has 10 heteroatoms. The Morgan fingerprint density at radius 1 is 1.14 bits per heavy atom. The van der Waals surface area contributed by atoms with Crippen molar-refractivity contribution in [1.82, 2.24) is 4.90 Å². The van der Waals surface area contributed by atoms with Crippen molar-refractivity contribution < 1.29 is 28.7 Å². The van der Waals surface area contributed by atoms with Crippen molar-refractivity contribution in [1.29, 1.82) is 0 Å². The van der Waals surface area contributed by atoms with Crippen LogP contribution in [-0.2, 0) is 17.9 Å². The van der Waals surface area contributed by atoms with Crippen LogP contribution in [0.25, 0.3) is 0 Å². The SMILES string of the molecule is COc1cccc(CN2Cc3cc(NC(=O)c4ccc([N+](=O)[O-])cc4)ccc3O[C@@H](C)C2=O)c1OC. The van der Waals surface area contributed by atoms with E-state index in [1.807, 2.05) is 12.1 Å². The average molecular weight is 492 g/mol. The zero-order valence-corrected chi connectivity index (χ0v) is 20.0. The monoisotopic (exact) mass is 491 g/mol. The smallest absolute Gasteiger partial charge is 0.269 e. The number of rotatable bonds is 7. The number of anilines is 1. The zero-order chi connectivity index (χ0) is 25.8. The lowest BCUT2D eigenvalue weighted by molar-refractivity contribution is -0.384. The van der Waals surface area contributed by atoms with Crippen molar-refractivity contribution in [2.45, 2.75) is 26.1 Å². The predicted octanol–water partition coefficient (Wildman–Crippen LogP) is 4.17. The molecule has 3 aromatic carbocycles. The molecular formula is C26H25N3O7. The lowest BCUT2D eigenvalue weighted by Gasteiger charge is -2.24. The number of nitro benzene ring substituents is 1. The van der Waals surface area contributed by atoms with Gasteiger partial charge in [0.1, 0.15) is 5.75 Å². The van der Waals surface area contributed by atoms with Crippen LogP contribution < -0.4 is 19.5 Å². The highest BCUT2D eigenvalue weighted by molar-refractivity contribution is 6.04. The Labute approximate surface area is 207 Å². The lowest BCUT2D eigenvalue weighted by Crippen LogP contribution is -2.37. The average Bonchev–Trinajstić information content (AvgIpc) is 2.99. The summed E-state index contributed by atoms with van der Waals surface area (Å²) in [6, 6.07) is 16.0. The maximum atomic E-state index is 13.1. The van der Waals surface area contributed by atoms with Crippen LogP contribution >= 0.6 is 0 Å². The van der Waals surface area contributed by atoms with E-state index in [1.54, 1.807) is 50.3 Å². The first kappa shape index (κ1) is 24.5. The summed E-state index contributed by atoms with van der Waals surface area (Å²) in [5, 5.41) is 13.6. The van der Waals surface area contributed by atoms with Crippen molar-refractivity contribution in [2.24, 2.45) is 0 Å². The molecule has 36 heavy (non-hydrogen) atoms. The zero-order valence-electron chi connectivity index (χ0n) is 20.0. The molecule has 0 saturated heterocycles. The summed E-state index contributed by atoms with van der Waals surface area (Å²) in [7, 11) is 3.10. The highest BCUT2D eigenvalue weighted by Crippen LogP contribution is 2.34. The summed E-state index contributed by atoms with van der Waals surface area (Å²) in [6.07, 6.45) is -0.705. The van der Waals surface area contributed by atoms with Crippen LogP contribution in [0.15, 0.2) is 60.7 Å². The Morgan fingerprint density at radius 2 is 1.89 bits per heavy atom. The lowest BCUT2D eigenvalue weighted by atomic mass is 10.1. The molecule has 0 bridgehead atoms.